The van der Waals surface area contributed by atoms with E-state index in [-0.39, 0.29) is 11.9 Å². The largest absolute Gasteiger partial charge is 0.466 e. The van der Waals surface area contributed by atoms with Crippen molar-refractivity contribution in [1.82, 2.24) is 20.1 Å². The molecule has 6 heteroatoms. The fourth-order valence-corrected chi connectivity index (χ4v) is 3.04. The van der Waals surface area contributed by atoms with E-state index in [2.05, 4.69) is 15.4 Å². The molecule has 1 atom stereocenters. The van der Waals surface area contributed by atoms with E-state index >= 15 is 0 Å². The number of aryl methyl sites for hydroxylation is 4. The Hall–Kier alpha value is -2.11. The van der Waals surface area contributed by atoms with Crippen molar-refractivity contribution in [2.24, 2.45) is 0 Å². The minimum atomic E-state index is -0.0913. The van der Waals surface area contributed by atoms with E-state index in [1.165, 1.54) is 0 Å². The zero-order valence-electron chi connectivity index (χ0n) is 13.6. The van der Waals surface area contributed by atoms with Crippen LogP contribution in [0.15, 0.2) is 4.42 Å². The average molecular weight is 302 g/mol. The summed E-state index contributed by atoms with van der Waals surface area (Å²) in [7, 11) is 0. The van der Waals surface area contributed by atoms with E-state index in [0.29, 0.717) is 11.3 Å². The van der Waals surface area contributed by atoms with Crippen molar-refractivity contribution in [3.63, 3.8) is 0 Å². The molecule has 0 aliphatic carbocycles. The molecule has 6 nitrogen and oxygen atoms in total. The second-order valence-corrected chi connectivity index (χ2v) is 5.85. The van der Waals surface area contributed by atoms with Gasteiger partial charge in [-0.25, -0.2) is 9.67 Å². The first-order valence-electron chi connectivity index (χ1n) is 7.82. The molecule has 1 N–H and O–H groups in total. The molecule has 22 heavy (non-hydrogen) atoms. The Balaban J connectivity index is 1.85. The molecule has 1 aliphatic rings. The van der Waals surface area contributed by atoms with Crippen LogP contribution in [-0.2, 0) is 13.0 Å². The van der Waals surface area contributed by atoms with Crippen molar-refractivity contribution in [1.29, 1.82) is 0 Å². The molecule has 3 heterocycles. The molecule has 0 bridgehead atoms. The summed E-state index contributed by atoms with van der Waals surface area (Å²) in [6.07, 6.45) is 2.69. The molecule has 1 amide bonds. The van der Waals surface area contributed by atoms with Gasteiger partial charge in [0.05, 0.1) is 11.6 Å². The molecule has 0 unspecified atom stereocenters. The van der Waals surface area contributed by atoms with Crippen LogP contribution in [0.1, 0.15) is 64.9 Å². The molecule has 0 radical (unpaired) electrons. The van der Waals surface area contributed by atoms with Crippen molar-refractivity contribution < 1.29 is 9.21 Å². The third-order valence-electron chi connectivity index (χ3n) is 4.33. The zero-order chi connectivity index (χ0) is 15.9. The number of amides is 1. The predicted molar refractivity (Wildman–Crippen MR) is 81.8 cm³/mol. The van der Waals surface area contributed by atoms with Gasteiger partial charge in [0.15, 0.2) is 5.82 Å². The summed E-state index contributed by atoms with van der Waals surface area (Å²) >= 11 is 0. The van der Waals surface area contributed by atoms with E-state index in [1.54, 1.807) is 0 Å². The first-order valence-corrected chi connectivity index (χ1v) is 7.82. The molecule has 0 spiro atoms. The average Bonchev–Trinajstić information content (AvgIpc) is 3.01. The van der Waals surface area contributed by atoms with Gasteiger partial charge in [-0.1, -0.05) is 6.92 Å². The minimum absolute atomic E-state index is 0.0805. The molecule has 0 aromatic carbocycles. The fourth-order valence-electron chi connectivity index (χ4n) is 3.04. The summed E-state index contributed by atoms with van der Waals surface area (Å²) in [6.45, 7) is 8.53. The third-order valence-corrected chi connectivity index (χ3v) is 4.33. The molecule has 0 saturated carbocycles. The Labute approximate surface area is 129 Å². The van der Waals surface area contributed by atoms with Crippen LogP contribution in [0, 0.1) is 20.8 Å². The maximum Gasteiger partial charge on any atom is 0.255 e. The van der Waals surface area contributed by atoms with Gasteiger partial charge in [-0.15, -0.1) is 0 Å². The Morgan fingerprint density at radius 3 is 2.77 bits per heavy atom. The predicted octanol–water partition coefficient (Wildman–Crippen LogP) is 2.62. The summed E-state index contributed by atoms with van der Waals surface area (Å²) in [5.41, 5.74) is 1.55. The van der Waals surface area contributed by atoms with Gasteiger partial charge >= 0.3 is 0 Å². The standard InChI is InChI=1S/C16H22N4O2/c1-5-13-18-15-12(7-6-8-20(15)19-13)17-16(21)14-9(2)10(3)22-11(14)4/h12H,5-8H2,1-4H3,(H,17,21)/t12-/m1/s1. The monoisotopic (exact) mass is 302 g/mol. The van der Waals surface area contributed by atoms with E-state index in [1.807, 2.05) is 32.4 Å². The van der Waals surface area contributed by atoms with Crippen LogP contribution >= 0.6 is 0 Å². The molecule has 1 aliphatic heterocycles. The van der Waals surface area contributed by atoms with Crippen molar-refractivity contribution in [2.45, 2.75) is 59.5 Å². The number of nitrogens with zero attached hydrogens (tertiary/aromatic N) is 3. The fraction of sp³-hybridized carbons (Fsp3) is 0.562. The normalized spacial score (nSPS) is 17.4. The Morgan fingerprint density at radius 2 is 2.14 bits per heavy atom. The van der Waals surface area contributed by atoms with E-state index in [0.717, 1.165) is 48.8 Å². The van der Waals surface area contributed by atoms with Crippen LogP contribution in [0.2, 0.25) is 0 Å². The zero-order valence-corrected chi connectivity index (χ0v) is 13.6. The second-order valence-electron chi connectivity index (χ2n) is 5.85. The molecular formula is C16H22N4O2. The van der Waals surface area contributed by atoms with Crippen LogP contribution in [0.5, 0.6) is 0 Å². The number of nitrogens with one attached hydrogen (secondary N) is 1. The highest BCUT2D eigenvalue weighted by Crippen LogP contribution is 2.26. The van der Waals surface area contributed by atoms with Crippen LogP contribution in [0.3, 0.4) is 0 Å². The third kappa shape index (κ3) is 2.42. The molecule has 0 saturated heterocycles. The second kappa shape index (κ2) is 5.59. The van der Waals surface area contributed by atoms with Crippen molar-refractivity contribution in [3.05, 3.63) is 34.3 Å². The molecule has 3 rings (SSSR count). The quantitative estimate of drug-likeness (QED) is 0.946. The SMILES string of the molecule is CCc1nc2n(n1)CCC[C@H]2NC(=O)c1c(C)oc(C)c1C. The van der Waals surface area contributed by atoms with Gasteiger partial charge < -0.3 is 9.73 Å². The Kier molecular flexibility index (Phi) is 3.76. The van der Waals surface area contributed by atoms with E-state index in [4.69, 9.17) is 4.42 Å². The minimum Gasteiger partial charge on any atom is -0.466 e. The number of hydrogen-bond acceptors (Lipinski definition) is 4. The van der Waals surface area contributed by atoms with Gasteiger partial charge in [0.25, 0.3) is 5.91 Å². The first kappa shape index (κ1) is 14.8. The summed E-state index contributed by atoms with van der Waals surface area (Å²) < 4.78 is 7.48. The molecule has 2 aromatic rings. The Morgan fingerprint density at radius 1 is 1.36 bits per heavy atom. The number of furan rings is 1. The lowest BCUT2D eigenvalue weighted by molar-refractivity contribution is 0.0925. The van der Waals surface area contributed by atoms with Crippen molar-refractivity contribution in [3.8, 4) is 0 Å². The number of aromatic nitrogens is 3. The van der Waals surface area contributed by atoms with Crippen molar-refractivity contribution in [2.75, 3.05) is 0 Å². The first-order chi connectivity index (χ1) is 10.5. The number of hydrogen-bond donors (Lipinski definition) is 1. The highest BCUT2D eigenvalue weighted by molar-refractivity contribution is 5.97. The van der Waals surface area contributed by atoms with Crippen LogP contribution < -0.4 is 5.32 Å². The van der Waals surface area contributed by atoms with Crippen molar-refractivity contribution >= 4 is 5.91 Å². The highest BCUT2D eigenvalue weighted by Gasteiger charge is 2.27. The van der Waals surface area contributed by atoms with Crippen LogP contribution in [-0.4, -0.2) is 20.7 Å². The molecule has 118 valence electrons. The smallest absolute Gasteiger partial charge is 0.255 e. The summed E-state index contributed by atoms with van der Waals surface area (Å²) in [5, 5.41) is 7.58. The molecular weight excluding hydrogens is 280 g/mol. The topological polar surface area (TPSA) is 73.0 Å². The maximum absolute atomic E-state index is 12.6. The number of carbonyl (C=O) groups excluding carboxylic acids is 1. The summed E-state index contributed by atoms with van der Waals surface area (Å²) in [4.78, 5) is 17.2. The van der Waals surface area contributed by atoms with Crippen LogP contribution in [0.25, 0.3) is 0 Å². The van der Waals surface area contributed by atoms with Gasteiger partial charge in [-0.05, 0) is 33.6 Å². The Bertz CT molecular complexity index is 714. The number of rotatable bonds is 3. The summed E-state index contributed by atoms with van der Waals surface area (Å²) in [5.74, 6) is 3.07. The van der Waals surface area contributed by atoms with Gasteiger partial charge in [-0.3, -0.25) is 4.79 Å². The number of fused-ring (bicyclic) bond motifs is 1. The number of carbonyl (C=O) groups is 1. The van der Waals surface area contributed by atoms with Gasteiger partial charge in [-0.2, -0.15) is 5.10 Å². The lowest BCUT2D eigenvalue weighted by Crippen LogP contribution is -2.33. The van der Waals surface area contributed by atoms with Crippen LogP contribution in [0.4, 0.5) is 0 Å². The van der Waals surface area contributed by atoms with E-state index < -0.39 is 0 Å². The highest BCUT2D eigenvalue weighted by atomic mass is 16.3. The van der Waals surface area contributed by atoms with Gasteiger partial charge in [0.1, 0.15) is 17.3 Å². The lowest BCUT2D eigenvalue weighted by Gasteiger charge is -2.23. The summed E-state index contributed by atoms with van der Waals surface area (Å²) in [6, 6.07) is -0.0805. The van der Waals surface area contributed by atoms with E-state index in [9.17, 15) is 4.79 Å². The van der Waals surface area contributed by atoms with Gasteiger partial charge in [0.2, 0.25) is 0 Å². The molecule has 0 fully saturated rings. The van der Waals surface area contributed by atoms with Gasteiger partial charge in [0, 0.05) is 18.5 Å². The maximum atomic E-state index is 12.6. The molecule has 2 aromatic heterocycles. The lowest BCUT2D eigenvalue weighted by atomic mass is 10.1.